The van der Waals surface area contributed by atoms with E-state index < -0.39 is 0 Å². The van der Waals surface area contributed by atoms with Gasteiger partial charge in [-0.1, -0.05) is 39.8 Å². The molecular weight excluding hydrogens is 322 g/mol. The number of halogens is 1. The first kappa shape index (κ1) is 12.8. The molecule has 1 aromatic heterocycles. The molecule has 98 valence electrons. The average Bonchev–Trinajstić information content (AvgIpc) is 2.80. The van der Waals surface area contributed by atoms with Gasteiger partial charge in [-0.05, 0) is 37.1 Å². The van der Waals surface area contributed by atoms with Crippen LogP contribution in [-0.2, 0) is 0 Å². The van der Waals surface area contributed by atoms with Crippen LogP contribution in [-0.4, -0.2) is 17.4 Å². The number of anilines is 1. The highest BCUT2D eigenvalue weighted by atomic mass is 79.9. The molecule has 0 amide bonds. The van der Waals surface area contributed by atoms with Crippen LogP contribution in [0.1, 0.15) is 19.8 Å². The fourth-order valence-corrected chi connectivity index (χ4v) is 3.47. The zero-order valence-corrected chi connectivity index (χ0v) is 13.0. The summed E-state index contributed by atoms with van der Waals surface area (Å²) in [6, 6.07) is 6.13. The van der Waals surface area contributed by atoms with Crippen molar-refractivity contribution in [2.24, 2.45) is 4.99 Å². The quantitative estimate of drug-likeness (QED) is 0.870. The van der Waals surface area contributed by atoms with Gasteiger partial charge in [-0.2, -0.15) is 0 Å². The lowest BCUT2D eigenvalue weighted by molar-refractivity contribution is 0.881. The summed E-state index contributed by atoms with van der Waals surface area (Å²) in [6.07, 6.45) is 4.31. The van der Waals surface area contributed by atoms with Gasteiger partial charge in [-0.3, -0.25) is 4.99 Å². The Hall–Kier alpha value is -1.20. The second kappa shape index (κ2) is 5.43. The Labute approximate surface area is 124 Å². The first-order valence-corrected chi connectivity index (χ1v) is 7.92. The number of hydrogen-bond acceptors (Lipinski definition) is 4. The normalized spacial score (nSPS) is 15.3. The predicted molar refractivity (Wildman–Crippen MR) is 86.2 cm³/mol. The smallest absolute Gasteiger partial charge is 0.189 e. The van der Waals surface area contributed by atoms with Gasteiger partial charge in [-0.15, -0.1) is 0 Å². The summed E-state index contributed by atoms with van der Waals surface area (Å²) in [6.45, 7) is 3.06. The van der Waals surface area contributed by atoms with E-state index >= 15 is 0 Å². The van der Waals surface area contributed by atoms with Crippen LogP contribution in [0.3, 0.4) is 0 Å². The van der Waals surface area contributed by atoms with Crippen molar-refractivity contribution in [1.29, 1.82) is 0 Å². The highest BCUT2D eigenvalue weighted by molar-refractivity contribution is 9.10. The lowest BCUT2D eigenvalue weighted by Gasteiger charge is -2.11. The molecule has 0 radical (unpaired) electrons. The molecule has 0 fully saturated rings. The summed E-state index contributed by atoms with van der Waals surface area (Å²) in [7, 11) is 0. The molecule has 1 aliphatic rings. The van der Waals surface area contributed by atoms with Gasteiger partial charge in [0, 0.05) is 11.0 Å². The highest BCUT2D eigenvalue weighted by Crippen LogP contribution is 2.28. The van der Waals surface area contributed by atoms with Crippen LogP contribution < -0.4 is 5.32 Å². The molecule has 0 saturated carbocycles. The van der Waals surface area contributed by atoms with Gasteiger partial charge >= 0.3 is 0 Å². The minimum absolute atomic E-state index is 0.873. The Morgan fingerprint density at radius 2 is 2.32 bits per heavy atom. The number of rotatable bonds is 2. The van der Waals surface area contributed by atoms with Gasteiger partial charge in [0.15, 0.2) is 5.13 Å². The fraction of sp³-hybridized carbons (Fsp3) is 0.286. The van der Waals surface area contributed by atoms with E-state index in [9.17, 15) is 0 Å². The second-order valence-electron chi connectivity index (χ2n) is 4.43. The molecular formula is C14H14BrN3S. The zero-order valence-electron chi connectivity index (χ0n) is 10.6. The molecule has 0 atom stereocenters. The van der Waals surface area contributed by atoms with Gasteiger partial charge in [0.2, 0.25) is 0 Å². The maximum atomic E-state index is 4.58. The van der Waals surface area contributed by atoms with Crippen molar-refractivity contribution in [3.8, 4) is 0 Å². The van der Waals surface area contributed by atoms with Crippen LogP contribution in [0.4, 0.5) is 5.13 Å². The van der Waals surface area contributed by atoms with E-state index in [-0.39, 0.29) is 0 Å². The van der Waals surface area contributed by atoms with E-state index in [1.54, 1.807) is 11.3 Å². The number of nitrogens with zero attached hydrogens (tertiary/aromatic N) is 2. The molecule has 2 aromatic rings. The number of dihydropyridines is 1. The lowest BCUT2D eigenvalue weighted by atomic mass is 10.1. The molecule has 1 aromatic carbocycles. The number of amidine groups is 1. The zero-order chi connectivity index (χ0) is 13.2. The lowest BCUT2D eigenvalue weighted by Crippen LogP contribution is -2.14. The van der Waals surface area contributed by atoms with Crippen LogP contribution in [0.15, 0.2) is 39.3 Å². The summed E-state index contributed by atoms with van der Waals surface area (Å²) >= 11 is 5.13. The van der Waals surface area contributed by atoms with E-state index in [1.807, 2.05) is 12.1 Å². The Kier molecular flexibility index (Phi) is 3.66. The highest BCUT2D eigenvalue weighted by Gasteiger charge is 2.09. The number of hydrogen-bond donors (Lipinski definition) is 1. The van der Waals surface area contributed by atoms with E-state index in [2.05, 4.69) is 50.3 Å². The number of aromatic nitrogens is 1. The molecule has 1 aliphatic heterocycles. The molecule has 0 spiro atoms. The number of fused-ring (bicyclic) bond motifs is 1. The van der Waals surface area contributed by atoms with Gasteiger partial charge in [0.1, 0.15) is 5.84 Å². The molecule has 3 rings (SSSR count). The van der Waals surface area contributed by atoms with E-state index in [0.29, 0.717) is 0 Å². The topological polar surface area (TPSA) is 37.3 Å². The van der Waals surface area contributed by atoms with Gasteiger partial charge in [-0.25, -0.2) is 4.98 Å². The monoisotopic (exact) mass is 335 g/mol. The van der Waals surface area contributed by atoms with Gasteiger partial charge in [0.25, 0.3) is 0 Å². The van der Waals surface area contributed by atoms with Crippen molar-refractivity contribution in [3.63, 3.8) is 0 Å². The van der Waals surface area contributed by atoms with Crippen molar-refractivity contribution in [2.45, 2.75) is 19.8 Å². The molecule has 3 nitrogen and oxygen atoms in total. The molecule has 0 aliphatic carbocycles. The molecule has 1 N–H and O–H groups in total. The van der Waals surface area contributed by atoms with Crippen molar-refractivity contribution < 1.29 is 0 Å². The molecule has 2 heterocycles. The first-order chi connectivity index (χ1) is 9.24. The second-order valence-corrected chi connectivity index (χ2v) is 6.38. The predicted octanol–water partition coefficient (Wildman–Crippen LogP) is 4.61. The van der Waals surface area contributed by atoms with Gasteiger partial charge in [0.05, 0.1) is 10.2 Å². The number of aliphatic imine (C=N–C) groups is 1. The molecule has 0 unspecified atom stereocenters. The van der Waals surface area contributed by atoms with Crippen LogP contribution in [0.25, 0.3) is 10.2 Å². The Morgan fingerprint density at radius 3 is 3.16 bits per heavy atom. The minimum atomic E-state index is 0.873. The third kappa shape index (κ3) is 2.87. The van der Waals surface area contributed by atoms with Gasteiger partial charge < -0.3 is 5.32 Å². The Balaban J connectivity index is 1.85. The largest absolute Gasteiger partial charge is 0.317 e. The van der Waals surface area contributed by atoms with E-state index in [1.165, 1.54) is 10.3 Å². The SMILES string of the molecule is CCC1=CC(Nc2nc3ccc(Br)cc3s2)=NCC1. The summed E-state index contributed by atoms with van der Waals surface area (Å²) in [5.74, 6) is 0.932. The third-order valence-electron chi connectivity index (χ3n) is 3.10. The van der Waals surface area contributed by atoms with Crippen LogP contribution in [0.2, 0.25) is 0 Å². The molecule has 0 saturated heterocycles. The van der Waals surface area contributed by atoms with Crippen molar-refractivity contribution in [3.05, 3.63) is 34.3 Å². The fourth-order valence-electron chi connectivity index (χ4n) is 2.05. The number of thiazole rings is 1. The Bertz CT molecular complexity index is 672. The number of nitrogens with one attached hydrogen (secondary N) is 1. The summed E-state index contributed by atoms with van der Waals surface area (Å²) in [4.78, 5) is 9.07. The average molecular weight is 336 g/mol. The summed E-state index contributed by atoms with van der Waals surface area (Å²) < 4.78 is 2.26. The van der Waals surface area contributed by atoms with Crippen molar-refractivity contribution in [1.82, 2.24) is 4.98 Å². The minimum Gasteiger partial charge on any atom is -0.317 e. The van der Waals surface area contributed by atoms with E-state index in [0.717, 1.165) is 40.3 Å². The maximum Gasteiger partial charge on any atom is 0.189 e. The molecule has 5 heteroatoms. The number of benzene rings is 1. The molecule has 0 bridgehead atoms. The maximum absolute atomic E-state index is 4.58. The standard InChI is InChI=1S/C14H14BrN3S/c1-2-9-5-6-16-13(7-9)18-14-17-11-4-3-10(15)8-12(11)19-14/h3-4,7-8H,2,5-6H2,1H3,(H,16,17,18). The summed E-state index contributed by atoms with van der Waals surface area (Å²) in [5, 5.41) is 4.22. The van der Waals surface area contributed by atoms with Crippen molar-refractivity contribution in [2.75, 3.05) is 11.9 Å². The van der Waals surface area contributed by atoms with Crippen LogP contribution in [0.5, 0.6) is 0 Å². The van der Waals surface area contributed by atoms with Crippen LogP contribution in [0, 0.1) is 0 Å². The Morgan fingerprint density at radius 1 is 1.42 bits per heavy atom. The third-order valence-corrected chi connectivity index (χ3v) is 4.52. The molecule has 19 heavy (non-hydrogen) atoms. The first-order valence-electron chi connectivity index (χ1n) is 6.31. The van der Waals surface area contributed by atoms with Crippen LogP contribution >= 0.6 is 27.3 Å². The van der Waals surface area contributed by atoms with Crippen molar-refractivity contribution >= 4 is 48.5 Å². The summed E-state index contributed by atoms with van der Waals surface area (Å²) in [5.41, 5.74) is 2.47. The van der Waals surface area contributed by atoms with E-state index in [4.69, 9.17) is 0 Å².